The monoisotopic (exact) mass is 676 g/mol. The molecule has 228 valence electrons. The van der Waals surface area contributed by atoms with Crippen LogP contribution in [0.15, 0.2) is 59.7 Å². The molecule has 0 aliphatic carbocycles. The highest BCUT2D eigenvalue weighted by atomic mass is 79.9. The van der Waals surface area contributed by atoms with E-state index in [2.05, 4.69) is 76.6 Å². The molecule has 14 heteroatoms. The number of nitrogens with one attached hydrogen (secondary N) is 2. The molecule has 0 unspecified atom stereocenters. The lowest BCUT2D eigenvalue weighted by atomic mass is 10.0. The third-order valence-corrected chi connectivity index (χ3v) is 9.38. The summed E-state index contributed by atoms with van der Waals surface area (Å²) in [5, 5.41) is 11.8. The van der Waals surface area contributed by atoms with E-state index < -0.39 is 7.14 Å². The van der Waals surface area contributed by atoms with Crippen molar-refractivity contribution in [3.05, 3.63) is 59.7 Å². The van der Waals surface area contributed by atoms with E-state index in [1.165, 1.54) is 0 Å². The van der Waals surface area contributed by atoms with Crippen LogP contribution in [0.3, 0.4) is 0 Å². The fourth-order valence-corrected chi connectivity index (χ4v) is 6.88. The Labute approximate surface area is 264 Å². The number of aromatic nitrogens is 6. The van der Waals surface area contributed by atoms with Gasteiger partial charge in [0, 0.05) is 50.5 Å². The SMILES string of the molecule is CN(C)CCN1CCOc2c(Nc3ncc(Br)c(Nc4ccc5nccnc5c4P(C)(C)=O)n3)cc(-c3cnn(C)c3)cc21. The van der Waals surface area contributed by atoms with E-state index in [4.69, 9.17) is 9.72 Å². The van der Waals surface area contributed by atoms with Gasteiger partial charge in [-0.25, -0.2) is 4.98 Å². The van der Waals surface area contributed by atoms with Crippen molar-refractivity contribution in [1.82, 2.24) is 34.6 Å². The molecule has 0 amide bonds. The molecule has 1 aliphatic rings. The number of aryl methyl sites for hydroxylation is 1. The maximum atomic E-state index is 13.4. The average Bonchev–Trinajstić information content (AvgIpc) is 3.43. The summed E-state index contributed by atoms with van der Waals surface area (Å²) in [4.78, 5) is 22.8. The molecule has 1 aliphatic heterocycles. The van der Waals surface area contributed by atoms with Gasteiger partial charge in [-0.15, -0.1) is 0 Å². The number of fused-ring (bicyclic) bond motifs is 2. The van der Waals surface area contributed by atoms with Crippen molar-refractivity contribution in [2.24, 2.45) is 7.05 Å². The molecule has 2 N–H and O–H groups in total. The predicted molar refractivity (Wildman–Crippen MR) is 180 cm³/mol. The fraction of sp³-hybridized carbons (Fsp3) is 0.300. The zero-order valence-corrected chi connectivity index (χ0v) is 27.7. The van der Waals surface area contributed by atoms with Crippen LogP contribution < -0.4 is 25.6 Å². The van der Waals surface area contributed by atoms with E-state index in [0.717, 1.165) is 47.9 Å². The van der Waals surface area contributed by atoms with Gasteiger partial charge in [0.15, 0.2) is 5.75 Å². The summed E-state index contributed by atoms with van der Waals surface area (Å²) in [6.07, 6.45) is 8.75. The number of hydrogen-bond donors (Lipinski definition) is 2. The highest BCUT2D eigenvalue weighted by Crippen LogP contribution is 2.44. The zero-order chi connectivity index (χ0) is 31.0. The molecule has 0 bridgehead atoms. The average molecular weight is 678 g/mol. The van der Waals surface area contributed by atoms with Gasteiger partial charge in [-0.3, -0.25) is 14.6 Å². The van der Waals surface area contributed by atoms with Gasteiger partial charge in [-0.05, 0) is 73.2 Å². The van der Waals surface area contributed by atoms with Gasteiger partial charge in [0.1, 0.15) is 25.1 Å². The van der Waals surface area contributed by atoms with Crippen LogP contribution >= 0.6 is 23.1 Å². The van der Waals surface area contributed by atoms with Gasteiger partial charge < -0.3 is 29.7 Å². The van der Waals surface area contributed by atoms with Crippen LogP contribution in [-0.4, -0.2) is 88.3 Å². The maximum absolute atomic E-state index is 13.4. The zero-order valence-electron chi connectivity index (χ0n) is 25.2. The van der Waals surface area contributed by atoms with Crippen molar-refractivity contribution < 1.29 is 9.30 Å². The molecule has 4 heterocycles. The minimum absolute atomic E-state index is 0.369. The number of rotatable bonds is 9. The number of nitrogens with zero attached hydrogens (tertiary/aromatic N) is 8. The van der Waals surface area contributed by atoms with Gasteiger partial charge in [0.25, 0.3) is 0 Å². The lowest BCUT2D eigenvalue weighted by molar-refractivity contribution is 0.304. The Morgan fingerprint density at radius 2 is 1.86 bits per heavy atom. The second kappa shape index (κ2) is 12.1. The highest BCUT2D eigenvalue weighted by molar-refractivity contribution is 9.10. The van der Waals surface area contributed by atoms with Crippen LogP contribution in [0.5, 0.6) is 5.75 Å². The molecule has 3 aromatic heterocycles. The number of hydrogen-bond acceptors (Lipinski definition) is 11. The third-order valence-electron chi connectivity index (χ3n) is 7.27. The quantitative estimate of drug-likeness (QED) is 0.203. The molecule has 0 saturated heterocycles. The molecule has 12 nitrogen and oxygen atoms in total. The lowest BCUT2D eigenvalue weighted by Gasteiger charge is -2.33. The van der Waals surface area contributed by atoms with Crippen LogP contribution in [0.25, 0.3) is 22.2 Å². The van der Waals surface area contributed by atoms with E-state index in [1.807, 2.05) is 37.6 Å². The van der Waals surface area contributed by atoms with Crippen molar-refractivity contribution in [1.29, 1.82) is 0 Å². The molecule has 5 aromatic rings. The molecule has 0 spiro atoms. The predicted octanol–water partition coefficient (Wildman–Crippen LogP) is 5.08. The molecule has 0 atom stereocenters. The van der Waals surface area contributed by atoms with E-state index in [9.17, 15) is 4.57 Å². The number of anilines is 5. The summed E-state index contributed by atoms with van der Waals surface area (Å²) in [5.74, 6) is 1.62. The maximum Gasteiger partial charge on any atom is 0.229 e. The Morgan fingerprint density at radius 3 is 2.61 bits per heavy atom. The first-order chi connectivity index (χ1) is 21.1. The van der Waals surface area contributed by atoms with E-state index in [-0.39, 0.29) is 0 Å². The van der Waals surface area contributed by atoms with Crippen molar-refractivity contribution in [3.63, 3.8) is 0 Å². The van der Waals surface area contributed by atoms with Crippen molar-refractivity contribution in [2.75, 3.05) is 69.2 Å². The first-order valence-corrected chi connectivity index (χ1v) is 17.5. The van der Waals surface area contributed by atoms with Gasteiger partial charge in [0.2, 0.25) is 5.95 Å². The van der Waals surface area contributed by atoms with E-state index in [0.29, 0.717) is 44.9 Å². The fourth-order valence-electron chi connectivity index (χ4n) is 5.19. The van der Waals surface area contributed by atoms with Crippen LogP contribution in [0.4, 0.5) is 28.8 Å². The molecule has 44 heavy (non-hydrogen) atoms. The summed E-state index contributed by atoms with van der Waals surface area (Å²) >= 11 is 3.58. The smallest absolute Gasteiger partial charge is 0.229 e. The lowest BCUT2D eigenvalue weighted by Crippen LogP contribution is -2.37. The van der Waals surface area contributed by atoms with Crippen molar-refractivity contribution in [3.8, 4) is 16.9 Å². The van der Waals surface area contributed by atoms with Crippen LogP contribution in [0.1, 0.15) is 0 Å². The van der Waals surface area contributed by atoms with Crippen molar-refractivity contribution in [2.45, 2.75) is 0 Å². The Kier molecular flexibility index (Phi) is 8.28. The summed E-state index contributed by atoms with van der Waals surface area (Å²) in [6, 6.07) is 7.90. The van der Waals surface area contributed by atoms with Gasteiger partial charge in [0.05, 0.1) is 45.1 Å². The molecule has 6 rings (SSSR count). The summed E-state index contributed by atoms with van der Waals surface area (Å²) in [6.45, 7) is 6.58. The Hall–Kier alpha value is -4.06. The second-order valence-electron chi connectivity index (χ2n) is 11.3. The van der Waals surface area contributed by atoms with Gasteiger partial charge in [-0.2, -0.15) is 10.1 Å². The summed E-state index contributed by atoms with van der Waals surface area (Å²) < 4.78 is 22.1. The first kappa shape index (κ1) is 30.0. The second-order valence-corrected chi connectivity index (χ2v) is 15.3. The number of likely N-dealkylation sites (N-methyl/N-ethyl adjacent to an activating group) is 1. The Bertz CT molecular complexity index is 1890. The Morgan fingerprint density at radius 1 is 1.05 bits per heavy atom. The number of ether oxygens (including phenoxy) is 1. The van der Waals surface area contributed by atoms with Crippen molar-refractivity contribution >= 4 is 68.2 Å². The molecular formula is C30H34BrN10O2P. The number of halogens is 1. The molecule has 0 fully saturated rings. The Balaban J connectivity index is 1.39. The molecule has 0 saturated carbocycles. The summed E-state index contributed by atoms with van der Waals surface area (Å²) in [7, 11) is 3.30. The van der Waals surface area contributed by atoms with Gasteiger partial charge >= 0.3 is 0 Å². The number of benzene rings is 2. The highest BCUT2D eigenvalue weighted by Gasteiger charge is 2.25. The largest absolute Gasteiger partial charge is 0.487 e. The van der Waals surface area contributed by atoms with E-state index in [1.54, 1.807) is 36.6 Å². The molecular weight excluding hydrogens is 643 g/mol. The van der Waals surface area contributed by atoms with Crippen LogP contribution in [0, 0.1) is 0 Å². The standard InChI is InChI=1S/C30H34BrN10O2P/c1-39(2)10-11-41-12-13-43-27-24(14-19(15-25(27)41)20-16-35-40(3)18-20)37-30-34-17-21(31)29(38-30)36-23-7-6-22-26(33-9-8-32-22)28(23)44(4,5)42/h6-9,14-18H,10-13H2,1-5H3,(H2,34,36,37,38). The topological polar surface area (TPSA) is 126 Å². The van der Waals surface area contributed by atoms with Gasteiger partial charge in [-0.1, -0.05) is 0 Å². The van der Waals surface area contributed by atoms with E-state index >= 15 is 0 Å². The first-order valence-electron chi connectivity index (χ1n) is 14.1. The molecule has 2 aromatic carbocycles. The third kappa shape index (κ3) is 6.26. The van der Waals surface area contributed by atoms with Crippen LogP contribution in [0.2, 0.25) is 0 Å². The minimum Gasteiger partial charge on any atom is -0.487 e. The summed E-state index contributed by atoms with van der Waals surface area (Å²) in [5.41, 5.74) is 5.67. The minimum atomic E-state index is -2.75. The normalized spacial score (nSPS) is 13.2. The molecule has 0 radical (unpaired) electrons. The van der Waals surface area contributed by atoms with Crippen LogP contribution in [-0.2, 0) is 11.6 Å².